The molecule has 0 aliphatic carbocycles. The summed E-state index contributed by atoms with van der Waals surface area (Å²) in [5.74, 6) is -0.649. The Morgan fingerprint density at radius 2 is 1.79 bits per heavy atom. The molecule has 0 fully saturated rings. The Hall–Kier alpha value is -2.29. The number of unbranched alkanes of at least 4 members (excludes halogenated alkanes) is 1. The van der Waals surface area contributed by atoms with Gasteiger partial charge in [0.25, 0.3) is 0 Å². The van der Waals surface area contributed by atoms with Gasteiger partial charge in [-0.15, -0.1) is 0 Å². The van der Waals surface area contributed by atoms with Gasteiger partial charge < -0.3 is 5.73 Å². The number of hydrogen-bond acceptors (Lipinski definition) is 5. The van der Waals surface area contributed by atoms with Gasteiger partial charge >= 0.3 is 158 Å². The second kappa shape index (κ2) is 14.4. The van der Waals surface area contributed by atoms with E-state index in [4.69, 9.17) is 5.73 Å². The molecule has 10 heteroatoms. The Morgan fingerprint density at radius 1 is 1.08 bits per heavy atom. The minimum absolute atomic E-state index is 0.0232. The molecule has 0 radical (unpaired) electrons. The molecule has 0 bridgehead atoms. The maximum atomic E-state index is 13.8. The van der Waals surface area contributed by atoms with E-state index in [1.807, 2.05) is 56.3 Å². The molecule has 3 aromatic carbocycles. The average Bonchev–Trinajstić information content (AvgIpc) is 2.90. The van der Waals surface area contributed by atoms with Crippen LogP contribution in [-0.2, 0) is 21.2 Å². The van der Waals surface area contributed by atoms with Crippen LogP contribution in [0, 0.1) is 11.7 Å². The molecule has 3 rings (SSSR count). The van der Waals surface area contributed by atoms with Crippen molar-refractivity contribution in [1.82, 2.24) is 9.62 Å². The van der Waals surface area contributed by atoms with Gasteiger partial charge in [-0.25, -0.2) is 0 Å². The second-order valence-electron chi connectivity index (χ2n) is 10.3. The third kappa shape index (κ3) is 8.59. The van der Waals surface area contributed by atoms with Gasteiger partial charge in [-0.1, -0.05) is 42.5 Å². The van der Waals surface area contributed by atoms with Crippen LogP contribution in [0.4, 0.5) is 4.39 Å². The zero-order chi connectivity index (χ0) is 28.6. The average molecular weight is 620 g/mol. The summed E-state index contributed by atoms with van der Waals surface area (Å²) in [4.78, 5) is 12.6. The fourth-order valence-corrected chi connectivity index (χ4v) is 7.19. The topological polar surface area (TPSA) is 113 Å². The monoisotopic (exact) mass is 619 g/mol. The van der Waals surface area contributed by atoms with E-state index in [0.29, 0.717) is 36.6 Å². The van der Waals surface area contributed by atoms with E-state index in [9.17, 15) is 22.7 Å². The van der Waals surface area contributed by atoms with E-state index < -0.39 is 27.9 Å². The van der Waals surface area contributed by atoms with Crippen molar-refractivity contribution in [2.75, 3.05) is 19.7 Å². The van der Waals surface area contributed by atoms with Gasteiger partial charge in [0.05, 0.1) is 6.04 Å². The number of aliphatic hydroxyl groups is 1. The molecular formula is C29H39AsFN3O4S. The molecule has 1 amide bonds. The van der Waals surface area contributed by atoms with Crippen LogP contribution in [0.3, 0.4) is 0 Å². The predicted octanol–water partition coefficient (Wildman–Crippen LogP) is 2.10. The Balaban J connectivity index is 1.53. The van der Waals surface area contributed by atoms with Crippen LogP contribution in [0.25, 0.3) is 10.8 Å². The van der Waals surface area contributed by atoms with E-state index in [-0.39, 0.29) is 29.9 Å². The minimum atomic E-state index is -3.93. The maximum absolute atomic E-state index is 13.8. The van der Waals surface area contributed by atoms with Crippen molar-refractivity contribution in [1.29, 1.82) is 0 Å². The molecule has 0 spiro atoms. The number of benzene rings is 3. The first-order valence-corrected chi connectivity index (χ1v) is 15.9. The third-order valence-electron chi connectivity index (χ3n) is 6.61. The van der Waals surface area contributed by atoms with Crippen LogP contribution in [0.1, 0.15) is 38.7 Å². The van der Waals surface area contributed by atoms with Crippen LogP contribution >= 0.6 is 0 Å². The van der Waals surface area contributed by atoms with E-state index in [0.717, 1.165) is 33.2 Å². The second-order valence-corrected chi connectivity index (χ2v) is 13.5. The molecule has 7 nitrogen and oxygen atoms in total. The number of nitrogens with zero attached hydrogens (tertiary/aromatic N) is 1. The van der Waals surface area contributed by atoms with Gasteiger partial charge in [0.15, 0.2) is 0 Å². The first-order chi connectivity index (χ1) is 18.5. The van der Waals surface area contributed by atoms with Crippen molar-refractivity contribution in [3.63, 3.8) is 0 Å². The van der Waals surface area contributed by atoms with Crippen molar-refractivity contribution >= 4 is 47.9 Å². The van der Waals surface area contributed by atoms with Gasteiger partial charge in [-0.3, -0.25) is 4.79 Å². The van der Waals surface area contributed by atoms with E-state index >= 15 is 0 Å². The fourth-order valence-electron chi connectivity index (χ4n) is 4.51. The number of halogens is 1. The number of carbonyl (C=O) groups excluding carboxylic acids is 1. The van der Waals surface area contributed by atoms with Crippen LogP contribution in [-0.4, -0.2) is 72.4 Å². The van der Waals surface area contributed by atoms with Gasteiger partial charge in [-0.2, -0.15) is 0 Å². The van der Waals surface area contributed by atoms with Crippen LogP contribution in [0.5, 0.6) is 0 Å². The number of hydrogen-bond donors (Lipinski definition) is 3. The van der Waals surface area contributed by atoms with Gasteiger partial charge in [0, 0.05) is 0 Å². The molecule has 0 aliphatic rings. The number of aliphatic hydroxyl groups excluding tert-OH is 1. The molecule has 4 N–H and O–H groups in total. The summed E-state index contributed by atoms with van der Waals surface area (Å²) in [7, 11) is -3.93. The van der Waals surface area contributed by atoms with Crippen LogP contribution in [0.15, 0.2) is 65.6 Å². The van der Waals surface area contributed by atoms with Crippen LogP contribution in [0.2, 0.25) is 0 Å². The summed E-state index contributed by atoms with van der Waals surface area (Å²) in [6.45, 7) is 4.12. The number of rotatable bonds is 14. The molecule has 0 heterocycles. The van der Waals surface area contributed by atoms with Gasteiger partial charge in [-0.05, 0) is 22.8 Å². The number of fused-ring (bicyclic) bond motifs is 1. The van der Waals surface area contributed by atoms with Crippen molar-refractivity contribution < 1.29 is 22.7 Å². The van der Waals surface area contributed by atoms with E-state index in [1.165, 1.54) is 22.5 Å². The summed E-state index contributed by atoms with van der Waals surface area (Å²) >= 11 is 1.01. The molecule has 3 aromatic rings. The quantitative estimate of drug-likeness (QED) is 0.189. The standard InChI is InChI=1S/C29H39AsFN3O4S/c1-20(2)18-34(39(37,38)25-12-13-27(31)26(30)17-25)24(19-35)9-5-6-14-33-29(36)28(32)16-21-10-11-22-7-3-4-8-23(22)15-21/h3-4,7-8,10-13,15,17,20,24,28,35H,5-6,9,14,16,18-19,30,32H2,1-2H3,(H,33,36)/t24?,28-/m0/s1. The number of nitrogens with one attached hydrogen (secondary N) is 1. The molecule has 0 saturated carbocycles. The number of nitrogens with two attached hydrogens (primary N) is 1. The SMILES string of the molecule is CC(C)CN(C(CO)CCCCNC(=O)[C@@H](N)Cc1ccc2ccccc2c1)S(=O)(=O)c1ccc(F)c([AsH2])c1. The fraction of sp³-hybridized carbons (Fsp3) is 0.414. The summed E-state index contributed by atoms with van der Waals surface area (Å²) < 4.78 is 42.3. The molecule has 0 aliphatic heterocycles. The predicted molar refractivity (Wildman–Crippen MR) is 157 cm³/mol. The zero-order valence-corrected chi connectivity index (χ0v) is 25.8. The van der Waals surface area contributed by atoms with E-state index in [1.54, 1.807) is 0 Å². The van der Waals surface area contributed by atoms with Gasteiger partial charge in [0.1, 0.15) is 0 Å². The zero-order valence-electron chi connectivity index (χ0n) is 22.5. The van der Waals surface area contributed by atoms with Crippen molar-refractivity contribution in [3.05, 3.63) is 72.0 Å². The molecule has 39 heavy (non-hydrogen) atoms. The van der Waals surface area contributed by atoms with Crippen molar-refractivity contribution in [2.24, 2.45) is 11.7 Å². The van der Waals surface area contributed by atoms with Crippen molar-refractivity contribution in [2.45, 2.75) is 56.5 Å². The first kappa shape index (κ1) is 31.2. The molecular weight excluding hydrogens is 580 g/mol. The number of amides is 1. The number of sulfonamides is 1. The Bertz CT molecular complexity index is 1370. The van der Waals surface area contributed by atoms with Crippen LogP contribution < -0.4 is 15.4 Å². The van der Waals surface area contributed by atoms with E-state index in [2.05, 4.69) is 5.32 Å². The molecule has 2 unspecified atom stereocenters. The molecule has 3 atom stereocenters. The van der Waals surface area contributed by atoms with Crippen molar-refractivity contribution in [3.8, 4) is 0 Å². The summed E-state index contributed by atoms with van der Waals surface area (Å²) in [6.07, 6.45) is 2.06. The number of carbonyl (C=O) groups is 1. The third-order valence-corrected chi connectivity index (χ3v) is 9.45. The molecule has 0 saturated heterocycles. The summed E-state index contributed by atoms with van der Waals surface area (Å²) in [6, 6.07) is 16.6. The summed E-state index contributed by atoms with van der Waals surface area (Å²) in [5, 5.41) is 15.2. The van der Waals surface area contributed by atoms with Gasteiger partial charge in [0.2, 0.25) is 0 Å². The molecule has 212 valence electrons. The normalized spacial score (nSPS) is 13.6. The molecule has 0 aromatic heterocycles. The Morgan fingerprint density at radius 3 is 2.46 bits per heavy atom. The first-order valence-electron chi connectivity index (χ1n) is 13.2. The Kier molecular flexibility index (Phi) is 11.5. The Labute approximate surface area is 239 Å². The summed E-state index contributed by atoms with van der Waals surface area (Å²) in [5.41, 5.74) is 7.14.